The molecule has 0 amide bonds. The molecule has 1 aliphatic heterocycles. The third-order valence-corrected chi connectivity index (χ3v) is 4.57. The van der Waals surface area contributed by atoms with Gasteiger partial charge in [-0.05, 0) is 37.5 Å². The molecule has 2 N–H and O–H groups in total. The number of benzene rings is 1. The summed E-state index contributed by atoms with van der Waals surface area (Å²) in [5.74, 6) is 2.61. The molecule has 104 valence electrons. The van der Waals surface area contributed by atoms with Gasteiger partial charge in [-0.1, -0.05) is 19.3 Å². The standard InChI is InChI=1S/C16H23NO2/c1-16(9-11-4-3-5-11)10-14(17)13-8-12(18-2)6-7-15(13)19-16/h6-8,11,14H,3-5,9-10,17H2,1-2H3/t14-,16?/m0/s1. The van der Waals surface area contributed by atoms with Crippen LogP contribution < -0.4 is 15.2 Å². The van der Waals surface area contributed by atoms with Crippen LogP contribution in [0.5, 0.6) is 11.5 Å². The highest BCUT2D eigenvalue weighted by Gasteiger charge is 2.39. The zero-order chi connectivity index (χ0) is 13.5. The van der Waals surface area contributed by atoms with E-state index in [1.807, 2.05) is 18.2 Å². The Labute approximate surface area is 115 Å². The Morgan fingerprint density at radius 2 is 2.21 bits per heavy atom. The summed E-state index contributed by atoms with van der Waals surface area (Å²) in [6.07, 6.45) is 6.10. The van der Waals surface area contributed by atoms with Crippen LogP contribution in [0.3, 0.4) is 0 Å². The Balaban J connectivity index is 1.82. The minimum atomic E-state index is -0.105. The molecule has 0 radical (unpaired) electrons. The summed E-state index contributed by atoms with van der Waals surface area (Å²) in [5.41, 5.74) is 7.31. The third kappa shape index (κ3) is 2.44. The highest BCUT2D eigenvalue weighted by Crippen LogP contribution is 2.45. The van der Waals surface area contributed by atoms with Gasteiger partial charge in [0.05, 0.1) is 7.11 Å². The highest BCUT2D eigenvalue weighted by molar-refractivity contribution is 5.44. The van der Waals surface area contributed by atoms with Gasteiger partial charge in [0.15, 0.2) is 0 Å². The normalized spacial score (nSPS) is 30.2. The number of rotatable bonds is 3. The Morgan fingerprint density at radius 3 is 2.84 bits per heavy atom. The number of fused-ring (bicyclic) bond motifs is 1. The second-order valence-electron chi connectivity index (χ2n) is 6.27. The van der Waals surface area contributed by atoms with Crippen molar-refractivity contribution >= 4 is 0 Å². The van der Waals surface area contributed by atoms with Gasteiger partial charge in [-0.2, -0.15) is 0 Å². The van der Waals surface area contributed by atoms with Crippen LogP contribution in [0.15, 0.2) is 18.2 Å². The van der Waals surface area contributed by atoms with E-state index in [1.54, 1.807) is 7.11 Å². The lowest BCUT2D eigenvalue weighted by atomic mass is 9.74. The Hall–Kier alpha value is -1.22. The van der Waals surface area contributed by atoms with Crippen molar-refractivity contribution in [2.75, 3.05) is 7.11 Å². The molecule has 1 aliphatic carbocycles. The second kappa shape index (κ2) is 4.71. The van der Waals surface area contributed by atoms with Gasteiger partial charge in [0.25, 0.3) is 0 Å². The molecule has 3 nitrogen and oxygen atoms in total. The molecule has 1 unspecified atom stereocenters. The lowest BCUT2D eigenvalue weighted by molar-refractivity contribution is 0.0170. The summed E-state index contributed by atoms with van der Waals surface area (Å²) in [7, 11) is 1.68. The van der Waals surface area contributed by atoms with Crippen LogP contribution in [0.25, 0.3) is 0 Å². The fraction of sp³-hybridized carbons (Fsp3) is 0.625. The van der Waals surface area contributed by atoms with E-state index in [0.29, 0.717) is 0 Å². The van der Waals surface area contributed by atoms with Crippen molar-refractivity contribution in [2.45, 2.75) is 50.7 Å². The first kappa shape index (κ1) is 12.8. The predicted molar refractivity (Wildman–Crippen MR) is 75.5 cm³/mol. The summed E-state index contributed by atoms with van der Waals surface area (Å²) < 4.78 is 11.5. The van der Waals surface area contributed by atoms with E-state index in [4.69, 9.17) is 15.2 Å². The van der Waals surface area contributed by atoms with Crippen LogP contribution in [-0.4, -0.2) is 12.7 Å². The van der Waals surface area contributed by atoms with Gasteiger partial charge in [0, 0.05) is 18.0 Å². The van der Waals surface area contributed by atoms with Crippen molar-refractivity contribution in [1.29, 1.82) is 0 Å². The Morgan fingerprint density at radius 1 is 1.42 bits per heavy atom. The first-order valence-electron chi connectivity index (χ1n) is 7.22. The number of ether oxygens (including phenoxy) is 2. The minimum absolute atomic E-state index is 0.0453. The van der Waals surface area contributed by atoms with Crippen LogP contribution >= 0.6 is 0 Å². The zero-order valence-corrected chi connectivity index (χ0v) is 11.8. The first-order chi connectivity index (χ1) is 9.09. The molecular formula is C16H23NO2. The van der Waals surface area contributed by atoms with Crippen LogP contribution in [0.2, 0.25) is 0 Å². The van der Waals surface area contributed by atoms with Crippen molar-refractivity contribution in [3.8, 4) is 11.5 Å². The van der Waals surface area contributed by atoms with E-state index in [1.165, 1.54) is 19.3 Å². The Bertz CT molecular complexity index is 470. The molecule has 0 saturated heterocycles. The number of hydrogen-bond acceptors (Lipinski definition) is 3. The maximum absolute atomic E-state index is 6.35. The summed E-state index contributed by atoms with van der Waals surface area (Å²) in [6.45, 7) is 2.21. The van der Waals surface area contributed by atoms with E-state index < -0.39 is 0 Å². The summed E-state index contributed by atoms with van der Waals surface area (Å²) in [6, 6.07) is 5.99. The minimum Gasteiger partial charge on any atom is -0.497 e. The topological polar surface area (TPSA) is 44.5 Å². The van der Waals surface area contributed by atoms with E-state index >= 15 is 0 Å². The van der Waals surface area contributed by atoms with Gasteiger partial charge in [-0.25, -0.2) is 0 Å². The van der Waals surface area contributed by atoms with E-state index in [9.17, 15) is 0 Å². The molecule has 3 heteroatoms. The van der Waals surface area contributed by atoms with Crippen molar-refractivity contribution in [3.05, 3.63) is 23.8 Å². The molecule has 1 fully saturated rings. The van der Waals surface area contributed by atoms with Crippen molar-refractivity contribution in [2.24, 2.45) is 11.7 Å². The van der Waals surface area contributed by atoms with Crippen molar-refractivity contribution in [3.63, 3.8) is 0 Å². The fourth-order valence-electron chi connectivity index (χ4n) is 3.35. The number of nitrogens with two attached hydrogens (primary N) is 1. The third-order valence-electron chi connectivity index (χ3n) is 4.57. The van der Waals surface area contributed by atoms with Gasteiger partial charge < -0.3 is 15.2 Å². The van der Waals surface area contributed by atoms with Gasteiger partial charge in [-0.15, -0.1) is 0 Å². The summed E-state index contributed by atoms with van der Waals surface area (Å²) >= 11 is 0. The Kier molecular flexibility index (Phi) is 3.17. The van der Waals surface area contributed by atoms with Gasteiger partial charge >= 0.3 is 0 Å². The van der Waals surface area contributed by atoms with Crippen molar-refractivity contribution in [1.82, 2.24) is 0 Å². The van der Waals surface area contributed by atoms with E-state index in [0.717, 1.165) is 35.8 Å². The van der Waals surface area contributed by atoms with Crippen LogP contribution in [0.1, 0.15) is 50.6 Å². The average molecular weight is 261 g/mol. The fourth-order valence-corrected chi connectivity index (χ4v) is 3.35. The first-order valence-corrected chi connectivity index (χ1v) is 7.22. The lowest BCUT2D eigenvalue weighted by Gasteiger charge is -2.42. The second-order valence-corrected chi connectivity index (χ2v) is 6.27. The van der Waals surface area contributed by atoms with Gasteiger partial charge in [-0.3, -0.25) is 0 Å². The maximum Gasteiger partial charge on any atom is 0.125 e. The van der Waals surface area contributed by atoms with E-state index in [2.05, 4.69) is 6.92 Å². The summed E-state index contributed by atoms with van der Waals surface area (Å²) in [5, 5.41) is 0. The molecular weight excluding hydrogens is 238 g/mol. The molecule has 1 aromatic rings. The largest absolute Gasteiger partial charge is 0.497 e. The van der Waals surface area contributed by atoms with Crippen LogP contribution in [-0.2, 0) is 0 Å². The molecule has 1 saturated carbocycles. The molecule has 1 aromatic carbocycles. The molecule has 2 aliphatic rings. The SMILES string of the molecule is COc1ccc2c(c1)[C@@H](N)CC(C)(CC1CCC1)O2. The molecule has 0 bridgehead atoms. The van der Waals surface area contributed by atoms with Crippen LogP contribution in [0.4, 0.5) is 0 Å². The molecule has 19 heavy (non-hydrogen) atoms. The van der Waals surface area contributed by atoms with Crippen LogP contribution in [0, 0.1) is 5.92 Å². The smallest absolute Gasteiger partial charge is 0.125 e. The zero-order valence-electron chi connectivity index (χ0n) is 11.8. The highest BCUT2D eigenvalue weighted by atomic mass is 16.5. The van der Waals surface area contributed by atoms with Gasteiger partial charge in [0.1, 0.15) is 17.1 Å². The maximum atomic E-state index is 6.35. The monoisotopic (exact) mass is 261 g/mol. The predicted octanol–water partition coefficient (Wildman–Crippen LogP) is 3.43. The number of hydrogen-bond donors (Lipinski definition) is 1. The van der Waals surface area contributed by atoms with Gasteiger partial charge in [0.2, 0.25) is 0 Å². The van der Waals surface area contributed by atoms with E-state index in [-0.39, 0.29) is 11.6 Å². The molecule has 3 rings (SSSR count). The molecule has 2 atom stereocenters. The quantitative estimate of drug-likeness (QED) is 0.906. The van der Waals surface area contributed by atoms with Crippen molar-refractivity contribution < 1.29 is 9.47 Å². The lowest BCUT2D eigenvalue weighted by Crippen LogP contribution is -2.42. The number of methoxy groups -OCH3 is 1. The molecule has 0 aromatic heterocycles. The molecule has 1 heterocycles. The molecule has 0 spiro atoms. The summed E-state index contributed by atoms with van der Waals surface area (Å²) in [4.78, 5) is 0. The average Bonchev–Trinajstić information content (AvgIpc) is 2.34.